The number of Topliss-reactive ketones (excluding diaryl/α,β-unsaturated/α-hetero) is 1. The minimum absolute atomic E-state index is 0.0118. The lowest BCUT2D eigenvalue weighted by Gasteiger charge is -2.33. The molecule has 100 valence electrons. The number of phenols is 1. The Morgan fingerprint density at radius 1 is 1.37 bits per heavy atom. The third-order valence-corrected chi connectivity index (χ3v) is 5.33. The molecule has 1 unspecified atom stereocenters. The number of hydrogen-bond donors (Lipinski definition) is 1. The van der Waals surface area contributed by atoms with Gasteiger partial charge in [-0.25, -0.2) is 0 Å². The molecule has 2 nitrogen and oxygen atoms in total. The fourth-order valence-corrected chi connectivity index (χ4v) is 4.00. The Labute approximate surface area is 122 Å². The second-order valence-corrected chi connectivity index (χ2v) is 6.10. The van der Waals surface area contributed by atoms with Crippen LogP contribution in [0.3, 0.4) is 0 Å². The van der Waals surface area contributed by atoms with Gasteiger partial charge in [0.2, 0.25) is 0 Å². The zero-order valence-corrected chi connectivity index (χ0v) is 12.1. The maximum Gasteiger partial charge on any atom is 0.174 e. The standard InChI is InChI=1S/C15H14Cl2O2/c1-2-15-6-5-11(19)14(17)12(15)8-3-4-10(18)13(16)9(8)7-15/h3-4,18H,2,5-7H2,1H3. The van der Waals surface area contributed by atoms with Gasteiger partial charge < -0.3 is 5.11 Å². The van der Waals surface area contributed by atoms with Crippen molar-refractivity contribution in [3.05, 3.63) is 33.3 Å². The molecule has 4 heteroatoms. The Bertz CT molecular complexity index is 619. The average Bonchev–Trinajstić information content (AvgIpc) is 2.75. The molecule has 0 saturated carbocycles. The molecule has 0 fully saturated rings. The highest BCUT2D eigenvalue weighted by molar-refractivity contribution is 6.46. The van der Waals surface area contributed by atoms with E-state index in [1.165, 1.54) is 0 Å². The van der Waals surface area contributed by atoms with Crippen molar-refractivity contribution < 1.29 is 9.90 Å². The summed E-state index contributed by atoms with van der Waals surface area (Å²) in [6.07, 6.45) is 2.97. The normalized spacial score (nSPS) is 25.5. The fourth-order valence-electron chi connectivity index (χ4n) is 3.37. The number of ketones is 1. The van der Waals surface area contributed by atoms with Crippen molar-refractivity contribution in [3.63, 3.8) is 0 Å². The van der Waals surface area contributed by atoms with Gasteiger partial charge in [-0.3, -0.25) is 4.79 Å². The lowest BCUT2D eigenvalue weighted by Crippen LogP contribution is -2.26. The van der Waals surface area contributed by atoms with Crippen LogP contribution in [0.2, 0.25) is 5.02 Å². The molecule has 0 saturated heterocycles. The molecule has 0 amide bonds. The van der Waals surface area contributed by atoms with Gasteiger partial charge in [-0.1, -0.05) is 36.2 Å². The summed E-state index contributed by atoms with van der Waals surface area (Å²) in [7, 11) is 0. The molecule has 0 heterocycles. The van der Waals surface area contributed by atoms with Crippen LogP contribution >= 0.6 is 23.2 Å². The zero-order chi connectivity index (χ0) is 13.8. The molecular weight excluding hydrogens is 283 g/mol. The topological polar surface area (TPSA) is 37.3 Å². The summed E-state index contributed by atoms with van der Waals surface area (Å²) in [5, 5.41) is 10.5. The van der Waals surface area contributed by atoms with E-state index in [-0.39, 0.29) is 16.9 Å². The van der Waals surface area contributed by atoms with Gasteiger partial charge in [0.05, 0.1) is 10.1 Å². The lowest BCUT2D eigenvalue weighted by atomic mass is 9.71. The summed E-state index contributed by atoms with van der Waals surface area (Å²) in [6.45, 7) is 2.11. The smallest absolute Gasteiger partial charge is 0.174 e. The first kappa shape index (κ1) is 13.0. The highest BCUT2D eigenvalue weighted by Crippen LogP contribution is 2.58. The molecule has 1 atom stereocenters. The van der Waals surface area contributed by atoms with Gasteiger partial charge >= 0.3 is 0 Å². The molecule has 0 spiro atoms. The molecule has 0 radical (unpaired) electrons. The molecule has 1 aromatic rings. The second-order valence-electron chi connectivity index (χ2n) is 5.35. The van der Waals surface area contributed by atoms with Crippen LogP contribution in [-0.4, -0.2) is 10.9 Å². The lowest BCUT2D eigenvalue weighted by molar-refractivity contribution is -0.115. The third-order valence-electron chi connectivity index (χ3n) is 4.51. The van der Waals surface area contributed by atoms with E-state index in [9.17, 15) is 9.90 Å². The SMILES string of the molecule is CCC12CCC(=O)C(Cl)=C1c1ccc(O)c(Cl)c1C2. The monoisotopic (exact) mass is 296 g/mol. The highest BCUT2D eigenvalue weighted by Gasteiger charge is 2.46. The molecule has 2 aliphatic rings. The van der Waals surface area contributed by atoms with Crippen molar-refractivity contribution in [1.82, 2.24) is 0 Å². The molecule has 2 aliphatic carbocycles. The number of phenolic OH excluding ortho intramolecular Hbond substituents is 1. The second kappa shape index (κ2) is 4.26. The fraction of sp³-hybridized carbons (Fsp3) is 0.400. The maximum atomic E-state index is 11.9. The van der Waals surface area contributed by atoms with Crippen molar-refractivity contribution in [1.29, 1.82) is 0 Å². The van der Waals surface area contributed by atoms with Crippen LogP contribution in [0.1, 0.15) is 37.3 Å². The molecule has 1 N–H and O–H groups in total. The first-order valence-corrected chi connectivity index (χ1v) is 7.20. The number of allylic oxidation sites excluding steroid dienone is 2. The number of halogens is 2. The van der Waals surface area contributed by atoms with Gasteiger partial charge in [0.15, 0.2) is 5.78 Å². The Morgan fingerprint density at radius 3 is 2.79 bits per heavy atom. The maximum absolute atomic E-state index is 11.9. The summed E-state index contributed by atoms with van der Waals surface area (Å²) >= 11 is 12.5. The van der Waals surface area contributed by atoms with E-state index in [4.69, 9.17) is 23.2 Å². The van der Waals surface area contributed by atoms with E-state index in [1.54, 1.807) is 6.07 Å². The predicted octanol–water partition coefficient (Wildman–Crippen LogP) is 4.31. The van der Waals surface area contributed by atoms with Crippen LogP contribution in [0.25, 0.3) is 5.57 Å². The molecule has 1 aromatic carbocycles. The third kappa shape index (κ3) is 1.66. The van der Waals surface area contributed by atoms with Crippen molar-refractivity contribution in [2.45, 2.75) is 32.6 Å². The van der Waals surface area contributed by atoms with Gasteiger partial charge in [-0.05, 0) is 42.0 Å². The Balaban J connectivity index is 2.31. The van der Waals surface area contributed by atoms with Crippen LogP contribution < -0.4 is 0 Å². The van der Waals surface area contributed by atoms with Crippen molar-refractivity contribution >= 4 is 34.6 Å². The summed E-state index contributed by atoms with van der Waals surface area (Å²) in [5.74, 6) is 0.103. The van der Waals surface area contributed by atoms with Crippen molar-refractivity contribution in [2.75, 3.05) is 0 Å². The van der Waals surface area contributed by atoms with Crippen LogP contribution in [0, 0.1) is 5.41 Å². The van der Waals surface area contributed by atoms with Gasteiger partial charge in [-0.2, -0.15) is 0 Å². The van der Waals surface area contributed by atoms with Gasteiger partial charge in [-0.15, -0.1) is 0 Å². The summed E-state index contributed by atoms with van der Waals surface area (Å²) in [6, 6.07) is 3.40. The van der Waals surface area contributed by atoms with Gasteiger partial charge in [0.1, 0.15) is 5.75 Å². The summed E-state index contributed by atoms with van der Waals surface area (Å²) < 4.78 is 0. The van der Waals surface area contributed by atoms with Gasteiger partial charge in [0, 0.05) is 11.8 Å². The molecule has 3 rings (SSSR count). The minimum atomic E-state index is -0.0925. The van der Waals surface area contributed by atoms with E-state index in [0.29, 0.717) is 16.5 Å². The minimum Gasteiger partial charge on any atom is -0.506 e. The average molecular weight is 297 g/mol. The van der Waals surface area contributed by atoms with Gasteiger partial charge in [0.25, 0.3) is 0 Å². The number of hydrogen-bond acceptors (Lipinski definition) is 2. The van der Waals surface area contributed by atoms with Crippen LogP contribution in [0.5, 0.6) is 5.75 Å². The zero-order valence-electron chi connectivity index (χ0n) is 10.6. The number of aromatic hydroxyl groups is 1. The van der Waals surface area contributed by atoms with Crippen molar-refractivity contribution in [3.8, 4) is 5.75 Å². The van der Waals surface area contributed by atoms with Crippen molar-refractivity contribution in [2.24, 2.45) is 5.41 Å². The number of benzene rings is 1. The summed E-state index contributed by atoms with van der Waals surface area (Å²) in [5.41, 5.74) is 2.70. The predicted molar refractivity (Wildman–Crippen MR) is 76.6 cm³/mol. The highest BCUT2D eigenvalue weighted by atomic mass is 35.5. The molecule has 0 aromatic heterocycles. The van der Waals surface area contributed by atoms with Crippen LogP contribution in [-0.2, 0) is 11.2 Å². The molecule has 0 bridgehead atoms. The van der Waals surface area contributed by atoms with E-state index >= 15 is 0 Å². The largest absolute Gasteiger partial charge is 0.506 e. The summed E-state index contributed by atoms with van der Waals surface area (Å²) in [4.78, 5) is 11.9. The molecular formula is C15H14Cl2O2. The Kier molecular flexibility index (Phi) is 2.91. The van der Waals surface area contributed by atoms with E-state index < -0.39 is 0 Å². The number of carbonyl (C=O) groups excluding carboxylic acids is 1. The number of fused-ring (bicyclic) bond motifs is 3. The van der Waals surface area contributed by atoms with E-state index in [2.05, 4.69) is 6.92 Å². The van der Waals surface area contributed by atoms with Crippen LogP contribution in [0.15, 0.2) is 17.2 Å². The van der Waals surface area contributed by atoms with E-state index in [1.807, 2.05) is 6.07 Å². The first-order valence-electron chi connectivity index (χ1n) is 6.44. The number of carbonyl (C=O) groups is 1. The van der Waals surface area contributed by atoms with E-state index in [0.717, 1.165) is 36.0 Å². The number of rotatable bonds is 1. The quantitative estimate of drug-likeness (QED) is 0.838. The Morgan fingerprint density at radius 2 is 2.11 bits per heavy atom. The Hall–Kier alpha value is -0.990. The molecule has 19 heavy (non-hydrogen) atoms. The molecule has 0 aliphatic heterocycles. The van der Waals surface area contributed by atoms with Crippen LogP contribution in [0.4, 0.5) is 0 Å². The first-order chi connectivity index (χ1) is 9.00.